The van der Waals surface area contributed by atoms with Gasteiger partial charge in [-0.15, -0.1) is 0 Å². The molecular weight excluding hydrogens is 290 g/mol. The highest BCUT2D eigenvalue weighted by Gasteiger charge is 2.16. The Morgan fingerprint density at radius 3 is 3.11 bits per heavy atom. The van der Waals surface area contributed by atoms with Crippen molar-refractivity contribution in [3.8, 4) is 11.3 Å². The Morgan fingerprint density at radius 2 is 2.33 bits per heavy atom. The highest BCUT2D eigenvalue weighted by molar-refractivity contribution is 9.10. The second kappa shape index (κ2) is 5.24. The fraction of sp³-hybridized carbons (Fsp3) is 0.357. The molecule has 1 fully saturated rings. The first-order valence-electron chi connectivity index (χ1n) is 6.34. The van der Waals surface area contributed by atoms with Gasteiger partial charge in [0, 0.05) is 22.5 Å². The van der Waals surface area contributed by atoms with E-state index in [1.165, 1.54) is 18.4 Å². The Morgan fingerprint density at radius 1 is 1.39 bits per heavy atom. The summed E-state index contributed by atoms with van der Waals surface area (Å²) in [6.45, 7) is 1.14. The Kier molecular flexibility index (Phi) is 3.48. The van der Waals surface area contributed by atoms with Crippen LogP contribution in [0, 0.1) is 0 Å². The summed E-state index contributed by atoms with van der Waals surface area (Å²) in [4.78, 5) is 7.89. The van der Waals surface area contributed by atoms with Crippen molar-refractivity contribution < 1.29 is 0 Å². The Balaban J connectivity index is 1.76. The zero-order valence-electron chi connectivity index (χ0n) is 10.1. The summed E-state index contributed by atoms with van der Waals surface area (Å²) in [5.74, 6) is 1.07. The molecule has 1 unspecified atom stereocenters. The topological polar surface area (TPSA) is 40.7 Å². The normalized spacial score (nSPS) is 19.3. The lowest BCUT2D eigenvalue weighted by Crippen LogP contribution is -2.24. The molecule has 2 heterocycles. The number of aromatic amines is 1. The fourth-order valence-electron chi connectivity index (χ4n) is 2.43. The highest BCUT2D eigenvalue weighted by atomic mass is 79.9. The predicted molar refractivity (Wildman–Crippen MR) is 76.5 cm³/mol. The minimum absolute atomic E-state index is 0.589. The first kappa shape index (κ1) is 11.9. The molecule has 0 aliphatic carbocycles. The second-order valence-electron chi connectivity index (χ2n) is 4.75. The van der Waals surface area contributed by atoms with Crippen LogP contribution < -0.4 is 5.32 Å². The molecular formula is C14H16BrN3. The Labute approximate surface area is 115 Å². The average Bonchev–Trinajstić information content (AvgIpc) is 3.01. The maximum atomic E-state index is 4.47. The predicted octanol–water partition coefficient (Wildman–Crippen LogP) is 3.13. The van der Waals surface area contributed by atoms with Gasteiger partial charge in [0.05, 0.1) is 11.9 Å². The first-order valence-corrected chi connectivity index (χ1v) is 7.14. The second-order valence-corrected chi connectivity index (χ2v) is 5.67. The number of rotatable bonds is 3. The molecule has 2 aromatic rings. The number of benzene rings is 1. The van der Waals surface area contributed by atoms with Crippen molar-refractivity contribution in [1.29, 1.82) is 0 Å². The Hall–Kier alpha value is -1.13. The van der Waals surface area contributed by atoms with Gasteiger partial charge >= 0.3 is 0 Å². The van der Waals surface area contributed by atoms with Crippen LogP contribution in [0.4, 0.5) is 0 Å². The minimum atomic E-state index is 0.589. The number of hydrogen-bond donors (Lipinski definition) is 2. The zero-order chi connectivity index (χ0) is 12.4. The van der Waals surface area contributed by atoms with Crippen molar-refractivity contribution in [2.24, 2.45) is 0 Å². The number of nitrogens with one attached hydrogen (secondary N) is 2. The summed E-state index contributed by atoms with van der Waals surface area (Å²) in [6, 6.07) is 8.86. The highest BCUT2D eigenvalue weighted by Crippen LogP contribution is 2.21. The van der Waals surface area contributed by atoms with Crippen LogP contribution in [0.25, 0.3) is 11.3 Å². The summed E-state index contributed by atoms with van der Waals surface area (Å²) in [5, 5.41) is 3.50. The van der Waals surface area contributed by atoms with Crippen LogP contribution in [0.1, 0.15) is 18.7 Å². The number of imidazole rings is 1. The van der Waals surface area contributed by atoms with E-state index in [2.05, 4.69) is 43.3 Å². The summed E-state index contributed by atoms with van der Waals surface area (Å²) in [7, 11) is 0. The van der Waals surface area contributed by atoms with Gasteiger partial charge in [-0.05, 0) is 31.5 Å². The Bertz CT molecular complexity index is 529. The van der Waals surface area contributed by atoms with E-state index in [1.54, 1.807) is 0 Å². The van der Waals surface area contributed by atoms with E-state index >= 15 is 0 Å². The van der Waals surface area contributed by atoms with Crippen molar-refractivity contribution >= 4 is 15.9 Å². The number of aromatic nitrogens is 2. The number of halogens is 1. The molecule has 4 heteroatoms. The van der Waals surface area contributed by atoms with Crippen LogP contribution in [0.5, 0.6) is 0 Å². The maximum absolute atomic E-state index is 4.47. The van der Waals surface area contributed by atoms with E-state index in [0.29, 0.717) is 6.04 Å². The number of hydrogen-bond acceptors (Lipinski definition) is 2. The van der Waals surface area contributed by atoms with Crippen molar-refractivity contribution in [3.05, 3.63) is 40.8 Å². The van der Waals surface area contributed by atoms with Crippen LogP contribution >= 0.6 is 15.9 Å². The van der Waals surface area contributed by atoms with Crippen molar-refractivity contribution in [2.75, 3.05) is 6.54 Å². The van der Waals surface area contributed by atoms with Gasteiger partial charge in [-0.3, -0.25) is 0 Å². The molecule has 1 saturated heterocycles. The SMILES string of the molecule is Brc1cccc(-c2cnc(CC3CCCN3)[nH]2)c1. The third kappa shape index (κ3) is 2.65. The van der Waals surface area contributed by atoms with Gasteiger partial charge in [-0.25, -0.2) is 4.98 Å². The average molecular weight is 306 g/mol. The molecule has 1 aromatic heterocycles. The first-order chi connectivity index (χ1) is 8.81. The van der Waals surface area contributed by atoms with Gasteiger partial charge in [-0.2, -0.15) is 0 Å². The van der Waals surface area contributed by atoms with Gasteiger partial charge in [-0.1, -0.05) is 28.1 Å². The van der Waals surface area contributed by atoms with Gasteiger partial charge in [0.2, 0.25) is 0 Å². The minimum Gasteiger partial charge on any atom is -0.342 e. The van der Waals surface area contributed by atoms with Gasteiger partial charge in [0.15, 0.2) is 0 Å². The zero-order valence-corrected chi connectivity index (χ0v) is 11.7. The van der Waals surface area contributed by atoms with Gasteiger partial charge < -0.3 is 10.3 Å². The van der Waals surface area contributed by atoms with Crippen LogP contribution in [-0.2, 0) is 6.42 Å². The maximum Gasteiger partial charge on any atom is 0.108 e. The lowest BCUT2D eigenvalue weighted by molar-refractivity contribution is 0.589. The van der Waals surface area contributed by atoms with Crippen molar-refractivity contribution in [1.82, 2.24) is 15.3 Å². The molecule has 1 aromatic carbocycles. The molecule has 0 spiro atoms. The van der Waals surface area contributed by atoms with E-state index in [-0.39, 0.29) is 0 Å². The van der Waals surface area contributed by atoms with Gasteiger partial charge in [0.1, 0.15) is 5.82 Å². The molecule has 0 radical (unpaired) electrons. The van der Waals surface area contributed by atoms with E-state index in [1.807, 2.05) is 18.3 Å². The summed E-state index contributed by atoms with van der Waals surface area (Å²) in [5.41, 5.74) is 2.26. The largest absolute Gasteiger partial charge is 0.342 e. The quantitative estimate of drug-likeness (QED) is 0.914. The van der Waals surface area contributed by atoms with Crippen LogP contribution in [0.3, 0.4) is 0 Å². The van der Waals surface area contributed by atoms with Crippen LogP contribution in [0.2, 0.25) is 0 Å². The fourth-order valence-corrected chi connectivity index (χ4v) is 2.83. The van der Waals surface area contributed by atoms with E-state index in [0.717, 1.165) is 29.0 Å². The molecule has 0 saturated carbocycles. The van der Waals surface area contributed by atoms with Crippen molar-refractivity contribution in [3.63, 3.8) is 0 Å². The standard InChI is InChI=1S/C14H16BrN3/c15-11-4-1-3-10(7-11)13-9-17-14(18-13)8-12-5-2-6-16-12/h1,3-4,7,9,12,16H,2,5-6,8H2,(H,17,18). The lowest BCUT2D eigenvalue weighted by Gasteiger charge is -2.06. The summed E-state index contributed by atoms with van der Waals surface area (Å²) >= 11 is 3.49. The number of H-pyrrole nitrogens is 1. The van der Waals surface area contributed by atoms with Crippen molar-refractivity contribution in [2.45, 2.75) is 25.3 Å². The molecule has 1 atom stereocenters. The lowest BCUT2D eigenvalue weighted by atomic mass is 10.1. The molecule has 18 heavy (non-hydrogen) atoms. The molecule has 3 nitrogen and oxygen atoms in total. The summed E-state index contributed by atoms with van der Waals surface area (Å²) < 4.78 is 1.09. The molecule has 2 N–H and O–H groups in total. The van der Waals surface area contributed by atoms with Gasteiger partial charge in [0.25, 0.3) is 0 Å². The third-order valence-electron chi connectivity index (χ3n) is 3.37. The van der Waals surface area contributed by atoms with E-state index in [9.17, 15) is 0 Å². The summed E-state index contributed by atoms with van der Waals surface area (Å²) in [6.07, 6.45) is 5.46. The molecule has 0 amide bonds. The number of nitrogens with zero attached hydrogens (tertiary/aromatic N) is 1. The van der Waals surface area contributed by atoms with Crippen LogP contribution in [-0.4, -0.2) is 22.6 Å². The molecule has 94 valence electrons. The monoisotopic (exact) mass is 305 g/mol. The van der Waals surface area contributed by atoms with E-state index < -0.39 is 0 Å². The molecule has 1 aliphatic rings. The molecule has 3 rings (SSSR count). The van der Waals surface area contributed by atoms with E-state index in [4.69, 9.17) is 0 Å². The molecule has 0 bridgehead atoms. The molecule has 1 aliphatic heterocycles. The third-order valence-corrected chi connectivity index (χ3v) is 3.86. The van der Waals surface area contributed by atoms with Crippen LogP contribution in [0.15, 0.2) is 34.9 Å². The smallest absolute Gasteiger partial charge is 0.108 e.